The molecule has 0 aliphatic carbocycles. The van der Waals surface area contributed by atoms with E-state index in [1.54, 1.807) is 0 Å². The number of hydrogen-bond acceptors (Lipinski definition) is 3. The first-order valence-corrected chi connectivity index (χ1v) is 9.59. The summed E-state index contributed by atoms with van der Waals surface area (Å²) in [5, 5.41) is 5.73. The molecule has 1 fully saturated rings. The highest BCUT2D eigenvalue weighted by molar-refractivity contribution is 14.1. The Hall–Kier alpha value is -1.51. The summed E-state index contributed by atoms with van der Waals surface area (Å²) < 4.78 is 6.37. The SMILES string of the molecule is CC(C)(C)OC(=O)NC[C@H]1CCCN(C(=O)Nc2ccc(I)cc2)C1. The Morgan fingerprint density at radius 3 is 2.60 bits per heavy atom. The van der Waals surface area contributed by atoms with Gasteiger partial charge in [0.05, 0.1) is 0 Å². The van der Waals surface area contributed by atoms with Gasteiger partial charge in [0, 0.05) is 28.9 Å². The second-order valence-corrected chi connectivity index (χ2v) is 8.52. The Balaban J connectivity index is 1.80. The number of carbonyl (C=O) groups is 2. The highest BCUT2D eigenvalue weighted by atomic mass is 127. The number of ether oxygens (including phenoxy) is 1. The number of carbonyl (C=O) groups excluding carboxylic acids is 2. The monoisotopic (exact) mass is 459 g/mol. The molecule has 138 valence electrons. The topological polar surface area (TPSA) is 70.7 Å². The number of nitrogens with zero attached hydrogens (tertiary/aromatic N) is 1. The lowest BCUT2D eigenvalue weighted by Crippen LogP contribution is -2.45. The predicted octanol–water partition coefficient (Wildman–Crippen LogP) is 4.06. The van der Waals surface area contributed by atoms with Crippen LogP contribution in [0, 0.1) is 9.49 Å². The van der Waals surface area contributed by atoms with E-state index in [0.717, 1.165) is 28.6 Å². The van der Waals surface area contributed by atoms with Gasteiger partial charge in [-0.25, -0.2) is 9.59 Å². The lowest BCUT2D eigenvalue weighted by molar-refractivity contribution is 0.0512. The van der Waals surface area contributed by atoms with Crippen LogP contribution in [0.5, 0.6) is 0 Å². The highest BCUT2D eigenvalue weighted by Crippen LogP contribution is 2.18. The summed E-state index contributed by atoms with van der Waals surface area (Å²) >= 11 is 2.23. The average Bonchev–Trinajstić information content (AvgIpc) is 2.54. The molecule has 2 rings (SSSR count). The zero-order valence-corrected chi connectivity index (χ0v) is 17.1. The van der Waals surface area contributed by atoms with E-state index in [1.165, 1.54) is 0 Å². The molecule has 6 nitrogen and oxygen atoms in total. The number of hydrogen-bond donors (Lipinski definition) is 2. The van der Waals surface area contributed by atoms with Crippen LogP contribution in [-0.2, 0) is 4.74 Å². The van der Waals surface area contributed by atoms with Crippen LogP contribution < -0.4 is 10.6 Å². The van der Waals surface area contributed by atoms with Crippen LogP contribution in [0.4, 0.5) is 15.3 Å². The summed E-state index contributed by atoms with van der Waals surface area (Å²) in [4.78, 5) is 26.0. The number of piperidine rings is 1. The van der Waals surface area contributed by atoms with Gasteiger partial charge in [-0.3, -0.25) is 0 Å². The number of anilines is 1. The van der Waals surface area contributed by atoms with Crippen molar-refractivity contribution in [3.8, 4) is 0 Å². The second kappa shape index (κ2) is 8.73. The van der Waals surface area contributed by atoms with Crippen molar-refractivity contribution >= 4 is 40.4 Å². The van der Waals surface area contributed by atoms with Crippen LogP contribution >= 0.6 is 22.6 Å². The van der Waals surface area contributed by atoms with Crippen molar-refractivity contribution < 1.29 is 14.3 Å². The van der Waals surface area contributed by atoms with E-state index in [9.17, 15) is 9.59 Å². The van der Waals surface area contributed by atoms with Crippen molar-refractivity contribution in [2.24, 2.45) is 5.92 Å². The summed E-state index contributed by atoms with van der Waals surface area (Å²) in [6, 6.07) is 7.61. The molecular weight excluding hydrogens is 433 g/mol. The lowest BCUT2D eigenvalue weighted by Gasteiger charge is -2.33. The molecule has 1 aromatic rings. The molecule has 0 unspecified atom stereocenters. The Morgan fingerprint density at radius 1 is 1.28 bits per heavy atom. The maximum Gasteiger partial charge on any atom is 0.407 e. The molecule has 0 spiro atoms. The summed E-state index contributed by atoms with van der Waals surface area (Å²) in [5.41, 5.74) is 0.287. The van der Waals surface area contributed by atoms with E-state index < -0.39 is 11.7 Å². The van der Waals surface area contributed by atoms with Crippen molar-refractivity contribution in [1.82, 2.24) is 10.2 Å². The summed E-state index contributed by atoms with van der Waals surface area (Å²) in [6.07, 6.45) is 1.51. The van der Waals surface area contributed by atoms with Gasteiger partial charge in [-0.05, 0) is 86.4 Å². The van der Waals surface area contributed by atoms with Gasteiger partial charge in [-0.15, -0.1) is 0 Å². The second-order valence-electron chi connectivity index (χ2n) is 7.27. The number of benzene rings is 1. The van der Waals surface area contributed by atoms with Crippen LogP contribution in [0.3, 0.4) is 0 Å². The molecule has 0 radical (unpaired) electrons. The van der Waals surface area contributed by atoms with Crippen molar-refractivity contribution in [3.63, 3.8) is 0 Å². The third-order valence-corrected chi connectivity index (χ3v) is 4.55. The average molecular weight is 459 g/mol. The van der Waals surface area contributed by atoms with Gasteiger partial charge in [0.2, 0.25) is 0 Å². The first kappa shape index (κ1) is 19.8. The summed E-state index contributed by atoms with van der Waals surface area (Å²) in [5.74, 6) is 0.240. The van der Waals surface area contributed by atoms with E-state index >= 15 is 0 Å². The zero-order chi connectivity index (χ0) is 18.4. The van der Waals surface area contributed by atoms with Gasteiger partial charge in [0.15, 0.2) is 0 Å². The Kier molecular flexibility index (Phi) is 6.92. The fourth-order valence-corrected chi connectivity index (χ4v) is 3.05. The van der Waals surface area contributed by atoms with Crippen molar-refractivity contribution in [3.05, 3.63) is 27.8 Å². The van der Waals surface area contributed by atoms with Gasteiger partial charge >= 0.3 is 12.1 Å². The van der Waals surface area contributed by atoms with Crippen LogP contribution in [0.15, 0.2) is 24.3 Å². The van der Waals surface area contributed by atoms with Crippen LogP contribution in [0.25, 0.3) is 0 Å². The van der Waals surface area contributed by atoms with Gasteiger partial charge in [-0.1, -0.05) is 0 Å². The third-order valence-electron chi connectivity index (χ3n) is 3.84. The van der Waals surface area contributed by atoms with E-state index in [2.05, 4.69) is 33.2 Å². The van der Waals surface area contributed by atoms with Gasteiger partial charge < -0.3 is 20.3 Å². The van der Waals surface area contributed by atoms with Crippen molar-refractivity contribution in [2.75, 3.05) is 25.0 Å². The zero-order valence-electron chi connectivity index (χ0n) is 15.0. The molecule has 1 atom stereocenters. The largest absolute Gasteiger partial charge is 0.444 e. The van der Waals surface area contributed by atoms with Crippen LogP contribution in [0.2, 0.25) is 0 Å². The van der Waals surface area contributed by atoms with E-state index in [4.69, 9.17) is 4.74 Å². The number of likely N-dealkylation sites (tertiary alicyclic amines) is 1. The van der Waals surface area contributed by atoms with Gasteiger partial charge in [0.25, 0.3) is 0 Å². The fraction of sp³-hybridized carbons (Fsp3) is 0.556. The number of amides is 3. The maximum absolute atomic E-state index is 12.4. The standard InChI is InChI=1S/C18H26IN3O3/c1-18(2,3)25-17(24)20-11-13-5-4-10-22(12-13)16(23)21-15-8-6-14(19)7-9-15/h6-9,13H,4-5,10-12H2,1-3H3,(H,20,24)(H,21,23)/t13-/m1/s1. The van der Waals surface area contributed by atoms with E-state index in [-0.39, 0.29) is 11.9 Å². The normalized spacial score (nSPS) is 17.8. The van der Waals surface area contributed by atoms with E-state index in [1.807, 2.05) is 49.9 Å². The Labute approximate surface area is 162 Å². The molecule has 2 N–H and O–H groups in total. The van der Waals surface area contributed by atoms with Crippen LogP contribution in [-0.4, -0.2) is 42.3 Å². The molecular formula is C18H26IN3O3. The van der Waals surface area contributed by atoms with Crippen LogP contribution in [0.1, 0.15) is 33.6 Å². The maximum atomic E-state index is 12.4. The predicted molar refractivity (Wildman–Crippen MR) is 107 cm³/mol. The molecule has 1 saturated heterocycles. The van der Waals surface area contributed by atoms with Gasteiger partial charge in [0.1, 0.15) is 5.60 Å². The van der Waals surface area contributed by atoms with Crippen molar-refractivity contribution in [2.45, 2.75) is 39.2 Å². The molecule has 1 heterocycles. The molecule has 3 amide bonds. The highest BCUT2D eigenvalue weighted by Gasteiger charge is 2.25. The molecule has 0 aromatic heterocycles. The molecule has 25 heavy (non-hydrogen) atoms. The number of alkyl carbamates (subject to hydrolysis) is 1. The fourth-order valence-electron chi connectivity index (χ4n) is 2.69. The number of halogens is 1. The molecule has 0 bridgehead atoms. The molecule has 1 aliphatic rings. The minimum Gasteiger partial charge on any atom is -0.444 e. The van der Waals surface area contributed by atoms with Crippen molar-refractivity contribution in [1.29, 1.82) is 0 Å². The number of urea groups is 1. The third kappa shape index (κ3) is 7.09. The summed E-state index contributed by atoms with van der Waals surface area (Å²) in [7, 11) is 0. The lowest BCUT2D eigenvalue weighted by atomic mass is 9.98. The molecule has 1 aromatic carbocycles. The minimum absolute atomic E-state index is 0.0943. The molecule has 7 heteroatoms. The van der Waals surface area contributed by atoms with E-state index in [0.29, 0.717) is 13.1 Å². The smallest absolute Gasteiger partial charge is 0.407 e. The summed E-state index contributed by atoms with van der Waals surface area (Å²) in [6.45, 7) is 7.39. The number of rotatable bonds is 3. The van der Waals surface area contributed by atoms with Gasteiger partial charge in [-0.2, -0.15) is 0 Å². The molecule has 0 saturated carbocycles. The Morgan fingerprint density at radius 2 is 1.96 bits per heavy atom. The first-order chi connectivity index (χ1) is 11.7. The first-order valence-electron chi connectivity index (χ1n) is 8.51. The number of nitrogens with one attached hydrogen (secondary N) is 2. The minimum atomic E-state index is -0.504. The quantitative estimate of drug-likeness (QED) is 0.670. The molecule has 1 aliphatic heterocycles. The Bertz CT molecular complexity index is 599.